The molecule has 3 aromatic rings. The van der Waals surface area contributed by atoms with E-state index in [2.05, 4.69) is 20.5 Å². The van der Waals surface area contributed by atoms with Gasteiger partial charge in [-0.25, -0.2) is 4.98 Å². The van der Waals surface area contributed by atoms with Gasteiger partial charge in [0.25, 0.3) is 5.56 Å². The zero-order valence-corrected chi connectivity index (χ0v) is 11.7. The molecule has 0 saturated heterocycles. The monoisotopic (exact) mass is 284 g/mol. The van der Waals surface area contributed by atoms with Crippen molar-refractivity contribution in [2.75, 3.05) is 0 Å². The van der Waals surface area contributed by atoms with E-state index >= 15 is 0 Å². The first-order chi connectivity index (χ1) is 10.3. The minimum atomic E-state index is -0.0749. The molecule has 3 heterocycles. The van der Waals surface area contributed by atoms with Crippen LogP contribution in [0.15, 0.2) is 41.6 Å². The minimum absolute atomic E-state index is 0.0749. The van der Waals surface area contributed by atoms with Gasteiger partial charge < -0.3 is 9.88 Å². The third kappa shape index (κ3) is 2.82. The highest BCUT2D eigenvalue weighted by molar-refractivity contribution is 5.37. The Morgan fingerprint density at radius 3 is 3.05 bits per heavy atom. The summed E-state index contributed by atoms with van der Waals surface area (Å²) in [6, 6.07) is 7.04. The Balaban J connectivity index is 1.72. The average Bonchev–Trinajstić information content (AvgIpc) is 2.95. The Bertz CT molecular complexity index is 806. The first kappa shape index (κ1) is 13.4. The van der Waals surface area contributed by atoms with Crippen LogP contribution in [-0.2, 0) is 19.6 Å². The second kappa shape index (κ2) is 5.84. The number of aromatic nitrogens is 5. The number of nitrogens with zero attached hydrogens (tertiary/aromatic N) is 5. The fraction of sp³-hybridized carbons (Fsp3) is 0.286. The molecule has 7 nitrogen and oxygen atoms in total. The molecule has 0 spiro atoms. The number of fused-ring (bicyclic) bond motifs is 1. The Morgan fingerprint density at radius 2 is 2.19 bits per heavy atom. The van der Waals surface area contributed by atoms with Crippen LogP contribution in [0.3, 0.4) is 0 Å². The van der Waals surface area contributed by atoms with Gasteiger partial charge in [-0.2, -0.15) is 0 Å². The van der Waals surface area contributed by atoms with Gasteiger partial charge in [-0.3, -0.25) is 9.20 Å². The van der Waals surface area contributed by atoms with Gasteiger partial charge in [0.15, 0.2) is 0 Å². The number of hydrogen-bond acceptors (Lipinski definition) is 5. The molecule has 0 aliphatic carbocycles. The molecule has 0 aliphatic heterocycles. The van der Waals surface area contributed by atoms with Gasteiger partial charge in [-0.05, 0) is 19.1 Å². The number of pyridine rings is 1. The predicted octanol–water partition coefficient (Wildman–Crippen LogP) is 0.596. The molecular weight excluding hydrogens is 268 g/mol. The molecule has 3 aromatic heterocycles. The third-order valence-electron chi connectivity index (χ3n) is 3.25. The molecule has 0 aliphatic rings. The molecule has 3 rings (SSSR count). The van der Waals surface area contributed by atoms with Crippen LogP contribution >= 0.6 is 0 Å². The quantitative estimate of drug-likeness (QED) is 0.742. The summed E-state index contributed by atoms with van der Waals surface area (Å²) < 4.78 is 3.49. The fourth-order valence-electron chi connectivity index (χ4n) is 2.18. The molecule has 0 unspecified atom stereocenters. The van der Waals surface area contributed by atoms with Gasteiger partial charge in [0.1, 0.15) is 17.8 Å². The summed E-state index contributed by atoms with van der Waals surface area (Å²) in [6.45, 7) is 3.97. The summed E-state index contributed by atoms with van der Waals surface area (Å²) in [4.78, 5) is 16.4. The summed E-state index contributed by atoms with van der Waals surface area (Å²) in [7, 11) is 0. The smallest absolute Gasteiger partial charge is 0.258 e. The number of rotatable bonds is 5. The van der Waals surface area contributed by atoms with Crippen molar-refractivity contribution in [2.24, 2.45) is 0 Å². The highest BCUT2D eigenvalue weighted by atomic mass is 16.1. The molecule has 7 heteroatoms. The van der Waals surface area contributed by atoms with Gasteiger partial charge in [0.2, 0.25) is 0 Å². The number of hydrogen-bond donors (Lipinski definition) is 1. The van der Waals surface area contributed by atoms with Crippen molar-refractivity contribution in [3.8, 4) is 0 Å². The lowest BCUT2D eigenvalue weighted by atomic mass is 10.3. The van der Waals surface area contributed by atoms with Crippen molar-refractivity contribution >= 4 is 5.65 Å². The van der Waals surface area contributed by atoms with Crippen molar-refractivity contribution in [1.29, 1.82) is 0 Å². The van der Waals surface area contributed by atoms with Crippen molar-refractivity contribution in [3.05, 3.63) is 58.7 Å². The summed E-state index contributed by atoms with van der Waals surface area (Å²) in [5.74, 6) is 0.870. The zero-order chi connectivity index (χ0) is 14.7. The summed E-state index contributed by atoms with van der Waals surface area (Å²) in [5, 5.41) is 11.2. The van der Waals surface area contributed by atoms with Crippen LogP contribution in [0.2, 0.25) is 0 Å². The summed E-state index contributed by atoms with van der Waals surface area (Å²) in [5.41, 5.74) is 1.29. The minimum Gasteiger partial charge on any atom is -0.317 e. The molecule has 0 saturated carbocycles. The lowest BCUT2D eigenvalue weighted by Gasteiger charge is -2.06. The Hall–Kier alpha value is -2.54. The fourth-order valence-corrected chi connectivity index (χ4v) is 2.18. The van der Waals surface area contributed by atoms with Crippen LogP contribution < -0.4 is 10.9 Å². The molecule has 1 N–H and O–H groups in total. The van der Waals surface area contributed by atoms with E-state index in [0.717, 1.165) is 12.4 Å². The number of nitrogens with one attached hydrogen (secondary N) is 1. The van der Waals surface area contributed by atoms with Gasteiger partial charge in [0.05, 0.1) is 12.2 Å². The predicted molar refractivity (Wildman–Crippen MR) is 77.7 cm³/mol. The molecule has 0 fully saturated rings. The molecule has 0 radical (unpaired) electrons. The topological polar surface area (TPSA) is 77.1 Å². The van der Waals surface area contributed by atoms with Gasteiger partial charge in [-0.1, -0.05) is 6.07 Å². The second-order valence-corrected chi connectivity index (χ2v) is 4.65. The van der Waals surface area contributed by atoms with Crippen molar-refractivity contribution < 1.29 is 0 Å². The van der Waals surface area contributed by atoms with Crippen molar-refractivity contribution in [2.45, 2.75) is 26.6 Å². The maximum Gasteiger partial charge on any atom is 0.258 e. The maximum absolute atomic E-state index is 12.0. The van der Waals surface area contributed by atoms with Crippen molar-refractivity contribution in [3.63, 3.8) is 0 Å². The maximum atomic E-state index is 12.0. The first-order valence-electron chi connectivity index (χ1n) is 6.82. The van der Waals surface area contributed by atoms with Crippen LogP contribution in [-0.4, -0.2) is 24.1 Å². The molecule has 21 heavy (non-hydrogen) atoms. The van der Waals surface area contributed by atoms with Gasteiger partial charge >= 0.3 is 0 Å². The van der Waals surface area contributed by atoms with Gasteiger partial charge in [0, 0.05) is 25.4 Å². The van der Waals surface area contributed by atoms with Crippen LogP contribution in [0.25, 0.3) is 5.65 Å². The first-order valence-corrected chi connectivity index (χ1v) is 6.82. The standard InChI is InChI=1S/C14H16N6O/c1-2-19-10-16-18-13(19)9-15-8-11-7-14(21)20-6-4-3-5-12(20)17-11/h3-7,10,15H,2,8-9H2,1H3. The number of aryl methyl sites for hydroxylation is 1. The Labute approximate surface area is 121 Å². The normalized spacial score (nSPS) is 11.1. The van der Waals surface area contributed by atoms with Crippen LogP contribution in [0.1, 0.15) is 18.4 Å². The zero-order valence-electron chi connectivity index (χ0n) is 11.7. The Kier molecular flexibility index (Phi) is 3.74. The average molecular weight is 284 g/mol. The van der Waals surface area contributed by atoms with E-state index < -0.39 is 0 Å². The van der Waals surface area contributed by atoms with Crippen LogP contribution in [0, 0.1) is 0 Å². The molecule has 0 atom stereocenters. The molecule has 108 valence electrons. The van der Waals surface area contributed by atoms with E-state index in [4.69, 9.17) is 0 Å². The largest absolute Gasteiger partial charge is 0.317 e. The molecule has 0 bridgehead atoms. The van der Waals surface area contributed by atoms with E-state index in [9.17, 15) is 4.79 Å². The van der Waals surface area contributed by atoms with Crippen molar-refractivity contribution in [1.82, 2.24) is 29.5 Å². The lowest BCUT2D eigenvalue weighted by molar-refractivity contribution is 0.606. The van der Waals surface area contributed by atoms with E-state index in [1.54, 1.807) is 18.6 Å². The molecule has 0 amide bonds. The van der Waals surface area contributed by atoms with E-state index in [-0.39, 0.29) is 5.56 Å². The third-order valence-corrected chi connectivity index (χ3v) is 3.25. The molecular formula is C14H16N6O. The SMILES string of the molecule is CCn1cnnc1CNCc1cc(=O)n2ccccc2n1. The second-order valence-electron chi connectivity index (χ2n) is 4.65. The highest BCUT2D eigenvalue weighted by Crippen LogP contribution is 1.99. The van der Waals surface area contributed by atoms with E-state index in [1.807, 2.05) is 29.7 Å². The van der Waals surface area contributed by atoms with E-state index in [0.29, 0.717) is 24.4 Å². The summed E-state index contributed by atoms with van der Waals surface area (Å²) >= 11 is 0. The Morgan fingerprint density at radius 1 is 1.29 bits per heavy atom. The van der Waals surface area contributed by atoms with Crippen LogP contribution in [0.5, 0.6) is 0 Å². The van der Waals surface area contributed by atoms with E-state index in [1.165, 1.54) is 4.40 Å². The lowest BCUT2D eigenvalue weighted by Crippen LogP contribution is -2.21. The van der Waals surface area contributed by atoms with Gasteiger partial charge in [-0.15, -0.1) is 10.2 Å². The highest BCUT2D eigenvalue weighted by Gasteiger charge is 2.04. The molecule has 0 aromatic carbocycles. The van der Waals surface area contributed by atoms with Crippen LogP contribution in [0.4, 0.5) is 0 Å². The summed E-state index contributed by atoms with van der Waals surface area (Å²) in [6.07, 6.45) is 3.42.